The fourth-order valence-corrected chi connectivity index (χ4v) is 10.2. The van der Waals surface area contributed by atoms with E-state index in [-0.39, 0.29) is 60.4 Å². The van der Waals surface area contributed by atoms with Gasteiger partial charge in [-0.25, -0.2) is 9.59 Å². The number of alkyl halides is 3. The number of hydrogen-bond donors (Lipinski definition) is 1. The third kappa shape index (κ3) is 22.8. The quantitative estimate of drug-likeness (QED) is 0.0467. The molecule has 0 bridgehead atoms. The second-order valence-electron chi connectivity index (χ2n) is 17.5. The molecule has 0 saturated carbocycles. The second-order valence-corrected chi connectivity index (χ2v) is 20.3. The molecule has 24 nitrogen and oxygen atoms in total. The maximum Gasteiger partial charge on any atom is 0.345 e. The number of halogens is 4. The van der Waals surface area contributed by atoms with Crippen LogP contribution in [0.1, 0.15) is 55.4 Å². The van der Waals surface area contributed by atoms with Crippen LogP contribution < -0.4 is 16.0 Å². The molecule has 31 heteroatoms. The van der Waals surface area contributed by atoms with Gasteiger partial charge in [0.1, 0.15) is 48.1 Å². The molecule has 2 aliphatic rings. The van der Waals surface area contributed by atoms with Gasteiger partial charge in [-0.2, -0.15) is 0 Å². The van der Waals surface area contributed by atoms with Crippen LogP contribution >= 0.6 is 38.6 Å². The summed E-state index contributed by atoms with van der Waals surface area (Å²) in [6.07, 6.45) is -10.9. The summed E-state index contributed by atoms with van der Waals surface area (Å²) in [7, 11) is 1.00. The maximum absolute atomic E-state index is 12.6. The van der Waals surface area contributed by atoms with E-state index in [2.05, 4.69) is 17.4 Å². The Balaban J connectivity index is 0.000000467. The van der Waals surface area contributed by atoms with E-state index in [1.807, 2.05) is 35.0 Å². The molecule has 0 unspecified atom stereocenters. The van der Waals surface area contributed by atoms with Gasteiger partial charge in [0.05, 0.1) is 25.5 Å². The van der Waals surface area contributed by atoms with E-state index in [4.69, 9.17) is 65.7 Å². The molecule has 6 aromatic rings. The van der Waals surface area contributed by atoms with E-state index in [0.717, 1.165) is 49.8 Å². The van der Waals surface area contributed by atoms with Crippen molar-refractivity contribution in [1.29, 1.82) is 1.45 Å². The Morgan fingerprint density at radius 3 is 1.32 bits per heavy atom. The van der Waals surface area contributed by atoms with Gasteiger partial charge >= 0.3 is 59.0 Å². The minimum atomic E-state index is -1.42. The van der Waals surface area contributed by atoms with E-state index in [1.165, 1.54) is 55.6 Å². The van der Waals surface area contributed by atoms with Crippen molar-refractivity contribution in [3.63, 3.8) is 0 Å². The summed E-state index contributed by atoms with van der Waals surface area (Å²) in [5.74, 6) is -5.19. The predicted octanol–water partition coefficient (Wildman–Crippen LogP) is 8.00. The van der Waals surface area contributed by atoms with Crippen molar-refractivity contribution in [3.8, 4) is 32.4 Å². The predicted molar refractivity (Wildman–Crippen MR) is 303 cm³/mol. The van der Waals surface area contributed by atoms with Crippen LogP contribution in [0, 0.1) is 31.1 Å². The Hall–Kier alpha value is -7.14. The molecule has 10 atom stereocenters. The van der Waals surface area contributed by atoms with E-state index >= 15 is 0 Å². The molecule has 8 rings (SSSR count). The number of thiophene rings is 2. The summed E-state index contributed by atoms with van der Waals surface area (Å²) < 4.78 is 102. The average molecular weight is 1560 g/mol. The van der Waals surface area contributed by atoms with Gasteiger partial charge in [-0.3, -0.25) is 51.9 Å². The number of benzene rings is 2. The molecule has 2 saturated heterocycles. The van der Waals surface area contributed by atoms with E-state index in [0.29, 0.717) is 36.5 Å². The van der Waals surface area contributed by atoms with E-state index < -0.39 is 120 Å². The first kappa shape index (κ1) is 74.1. The first-order valence-corrected chi connectivity index (χ1v) is 27.6. The fourth-order valence-electron chi connectivity index (χ4n) is 8.07. The summed E-state index contributed by atoms with van der Waals surface area (Å²) in [5, 5.41) is 13.6. The number of phenolic OH excluding ortho intramolecular Hbond substituents is 1. The zero-order valence-corrected chi connectivity index (χ0v) is 55.3. The van der Waals surface area contributed by atoms with E-state index in [9.17, 15) is 61.8 Å². The van der Waals surface area contributed by atoms with Crippen LogP contribution in [-0.2, 0) is 85.7 Å². The fraction of sp³-hybridized carbons (Fsp3) is 0.393. The van der Waals surface area contributed by atoms with Crippen molar-refractivity contribution in [1.82, 2.24) is 0 Å². The molecular weight excluding hydrogens is 1500 g/mol. The van der Waals surface area contributed by atoms with Crippen molar-refractivity contribution in [2.45, 2.75) is 116 Å². The molecule has 2 aromatic carbocycles. The van der Waals surface area contributed by atoms with Crippen molar-refractivity contribution in [2.24, 2.45) is 0 Å². The molecule has 2 fully saturated rings. The number of esters is 8. The Morgan fingerprint density at radius 1 is 0.529 bits per heavy atom. The largest absolute Gasteiger partial charge is 0.508 e. The van der Waals surface area contributed by atoms with Gasteiger partial charge in [-0.15, -0.1) is 22.7 Å². The number of aromatic hydroxyl groups is 1. The number of carbonyl (C=O) groups excluding carboxylic acids is 8. The standard InChI is InChI=1S/C27H26O12S.C14H19BrO9.C13H8O3S.2CH3F.FH.U/c1-13(28)33-12-21-23(34-14(2)29)24(35-15(3)30)25(36-16(4)31)27(39-21)37-18-8-7-17-10-19(22-6-5-9-40-22)26(32)38-20(17)11-18;1-6(16)20-5-10-11(21-7(2)17)12(22-8(3)18)13(14(15)24-10)23-9(4)19;14-9-4-3-8-6-10(12-2-1-5-17-12)13(15)16-11(8)7-9;2*1-2;;/h5-11,21,23-25,27H,12H2,1-4H3;10-14H,5H2,1-4H3;1-7,14H;2*1H3;1H;/t21-,23+,24+,25-,27-;10-,11+,12+,13-,14+;;;;;/m11...../s1/i/hT. The Labute approximate surface area is 535 Å². The van der Waals surface area contributed by atoms with Crippen LogP contribution in [0.15, 0.2) is 102 Å². The molecule has 6 heterocycles. The average Bonchev–Trinajstić information content (AvgIpc) is 0.932. The molecule has 472 valence electrons. The SMILES string of the molecule is CC(=O)OC[C@H]1O[C@@H](Oc2ccc3cc(-c4cccs4)c(=O)oc3c2)[C@H](OC(C)=O)[C@@H](OC(C)=O)[C@H]1OC(C)=O.CC(=O)OC[C@H]1O[C@H](Br)[C@H](OC(C)=O)[C@@H](OC(C)=O)[C@H]1OC(C)=O.CF.CF.O=c1oc2cc(O)ccc2cc1-c1cccs1.[3H]F.[U]. The molecule has 0 spiro atoms. The van der Waals surface area contributed by atoms with Gasteiger partial charge in [-0.1, -0.05) is 28.1 Å². The Kier molecular flexibility index (Phi) is 31.4. The minimum absolute atomic E-state index is 0. The second kappa shape index (κ2) is 36.9. The number of hydrogen-bond acceptors (Lipinski definition) is 26. The van der Waals surface area contributed by atoms with Crippen LogP contribution in [-0.4, -0.2) is 142 Å². The van der Waals surface area contributed by atoms with Gasteiger partial charge in [0.25, 0.3) is 1.45 Å². The summed E-state index contributed by atoms with van der Waals surface area (Å²) >= 11 is 6.08. The first-order chi connectivity index (χ1) is 41.4. The van der Waals surface area contributed by atoms with Crippen LogP contribution in [0.3, 0.4) is 0 Å². The molecular formula is C56H60BrF3O24S2U. The van der Waals surface area contributed by atoms with Crippen molar-refractivity contribution >= 4 is 108 Å². The maximum atomic E-state index is 12.6. The van der Waals surface area contributed by atoms with Crippen LogP contribution in [0.2, 0.25) is 0 Å². The zero-order valence-electron chi connectivity index (χ0n) is 48.9. The van der Waals surface area contributed by atoms with Crippen molar-refractivity contribution in [3.05, 3.63) is 104 Å². The topological polar surface area (TPSA) is 319 Å². The van der Waals surface area contributed by atoms with Crippen LogP contribution in [0.25, 0.3) is 42.8 Å². The number of ether oxygens (including phenoxy) is 11. The molecule has 2 aliphatic heterocycles. The third-order valence-electron chi connectivity index (χ3n) is 11.1. The van der Waals surface area contributed by atoms with Crippen LogP contribution in [0.5, 0.6) is 11.5 Å². The van der Waals surface area contributed by atoms with Crippen molar-refractivity contribution < 1.29 is 149 Å². The number of phenols is 1. The molecule has 87 heavy (non-hydrogen) atoms. The van der Waals surface area contributed by atoms with E-state index in [1.54, 1.807) is 36.4 Å². The number of carbonyl (C=O) groups is 8. The zero-order chi connectivity index (χ0) is 65.2. The molecule has 0 radical (unpaired) electrons. The summed E-state index contributed by atoms with van der Waals surface area (Å²) in [6.45, 7) is 8.64. The Morgan fingerprint density at radius 2 is 0.908 bits per heavy atom. The van der Waals surface area contributed by atoms with Gasteiger partial charge in [0.2, 0.25) is 12.4 Å². The molecule has 1 N–H and O–H groups in total. The number of rotatable bonds is 14. The summed E-state index contributed by atoms with van der Waals surface area (Å²) in [5.41, 5.74) is 0.655. The minimum Gasteiger partial charge on any atom is -0.508 e. The van der Waals surface area contributed by atoms with Crippen molar-refractivity contribution in [2.75, 3.05) is 27.6 Å². The van der Waals surface area contributed by atoms with Gasteiger partial charge in [-0.05, 0) is 59.3 Å². The summed E-state index contributed by atoms with van der Waals surface area (Å²) in [6, 6.07) is 20.3. The number of fused-ring (bicyclic) bond motifs is 2. The van der Waals surface area contributed by atoms with Gasteiger partial charge in [0, 0.05) is 119 Å². The van der Waals surface area contributed by atoms with Gasteiger partial charge < -0.3 is 66.0 Å². The molecule has 4 aromatic heterocycles. The first-order valence-electron chi connectivity index (χ1n) is 25.3. The molecule has 0 aliphatic carbocycles. The van der Waals surface area contributed by atoms with Crippen LogP contribution in [0.4, 0.5) is 13.5 Å². The Bertz CT molecular complexity index is 3390. The smallest absolute Gasteiger partial charge is 0.345 e. The summed E-state index contributed by atoms with van der Waals surface area (Å²) in [4.78, 5) is 119. The monoisotopic (exact) mass is 1560 g/mol. The normalized spacial score (nSPS) is 20.6. The third-order valence-corrected chi connectivity index (χ3v) is 13.7. The molecule has 0 amide bonds. The van der Waals surface area contributed by atoms with Gasteiger partial charge in [0.15, 0.2) is 35.5 Å².